The van der Waals surface area contributed by atoms with Gasteiger partial charge in [-0.25, -0.2) is 13.2 Å². The number of thioether (sulfide) groups is 1. The Morgan fingerprint density at radius 3 is 2.52 bits per heavy atom. The summed E-state index contributed by atoms with van der Waals surface area (Å²) in [5, 5.41) is 0. The van der Waals surface area contributed by atoms with Crippen LogP contribution in [0.5, 0.6) is 0 Å². The van der Waals surface area contributed by atoms with Gasteiger partial charge in [-0.1, -0.05) is 12.8 Å². The first kappa shape index (κ1) is 19.7. The molecule has 1 aliphatic carbocycles. The summed E-state index contributed by atoms with van der Waals surface area (Å²) >= 11 is 3.06. The van der Waals surface area contributed by atoms with Crippen LogP contribution in [0.3, 0.4) is 0 Å². The fourth-order valence-electron chi connectivity index (χ4n) is 4.37. The minimum atomic E-state index is -3.66. The Hall–Kier alpha value is -0.610. The monoisotopic (exact) mass is 430 g/mol. The number of fused-ring (bicyclic) bond motifs is 1. The molecule has 2 fully saturated rings. The SMILES string of the molecule is COC(=O)c1c(S(=O)(=O)N2CCSCC2)sc2c1CCN(C1CCCC1)C2. The molecule has 0 unspecified atom stereocenters. The Morgan fingerprint density at radius 2 is 1.85 bits per heavy atom. The number of carbonyl (C=O) groups excluding carboxylic acids is 1. The topological polar surface area (TPSA) is 66.9 Å². The molecule has 9 heteroatoms. The Morgan fingerprint density at radius 1 is 1.15 bits per heavy atom. The molecule has 1 aromatic rings. The minimum absolute atomic E-state index is 0.194. The molecule has 0 spiro atoms. The van der Waals surface area contributed by atoms with E-state index < -0.39 is 16.0 Å². The number of hydrogen-bond acceptors (Lipinski definition) is 7. The van der Waals surface area contributed by atoms with Crippen molar-refractivity contribution >= 4 is 39.1 Å². The summed E-state index contributed by atoms with van der Waals surface area (Å²) in [5.74, 6) is 1.08. The van der Waals surface area contributed by atoms with Gasteiger partial charge in [0.25, 0.3) is 10.0 Å². The van der Waals surface area contributed by atoms with E-state index in [2.05, 4.69) is 4.90 Å². The van der Waals surface area contributed by atoms with Crippen molar-refractivity contribution in [2.75, 3.05) is 38.2 Å². The lowest BCUT2D eigenvalue weighted by molar-refractivity contribution is 0.0595. The van der Waals surface area contributed by atoms with E-state index in [1.165, 1.54) is 48.4 Å². The molecular formula is C18H26N2O4S3. The number of esters is 1. The molecule has 27 heavy (non-hydrogen) atoms. The fourth-order valence-corrected chi connectivity index (χ4v) is 9.00. The van der Waals surface area contributed by atoms with Gasteiger partial charge in [0.05, 0.1) is 12.7 Å². The van der Waals surface area contributed by atoms with Crippen LogP contribution in [0.2, 0.25) is 0 Å². The molecule has 150 valence electrons. The van der Waals surface area contributed by atoms with Crippen LogP contribution in [0.25, 0.3) is 0 Å². The maximum atomic E-state index is 13.3. The fraction of sp³-hybridized carbons (Fsp3) is 0.722. The summed E-state index contributed by atoms with van der Waals surface area (Å²) < 4.78 is 33.3. The van der Waals surface area contributed by atoms with Crippen molar-refractivity contribution < 1.29 is 17.9 Å². The first-order valence-corrected chi connectivity index (χ1v) is 13.0. The number of nitrogens with zero attached hydrogens (tertiary/aromatic N) is 2. The van der Waals surface area contributed by atoms with Crippen LogP contribution in [-0.4, -0.2) is 67.9 Å². The van der Waals surface area contributed by atoms with Gasteiger partial charge in [0.15, 0.2) is 0 Å². The van der Waals surface area contributed by atoms with E-state index in [0.29, 0.717) is 24.7 Å². The molecule has 1 saturated carbocycles. The van der Waals surface area contributed by atoms with Gasteiger partial charge in [-0.05, 0) is 24.8 Å². The van der Waals surface area contributed by atoms with E-state index in [1.807, 2.05) is 0 Å². The predicted octanol–water partition coefficient (Wildman–Crippen LogP) is 2.57. The van der Waals surface area contributed by atoms with Crippen LogP contribution in [0.15, 0.2) is 4.21 Å². The maximum absolute atomic E-state index is 13.3. The van der Waals surface area contributed by atoms with E-state index in [1.54, 1.807) is 11.8 Å². The van der Waals surface area contributed by atoms with Gasteiger partial charge in [-0.3, -0.25) is 4.90 Å². The lowest BCUT2D eigenvalue weighted by atomic mass is 10.0. The van der Waals surface area contributed by atoms with Crippen molar-refractivity contribution in [2.24, 2.45) is 0 Å². The molecule has 3 aliphatic rings. The molecule has 6 nitrogen and oxygen atoms in total. The molecule has 0 N–H and O–H groups in total. The van der Waals surface area contributed by atoms with Gasteiger partial charge in [0.1, 0.15) is 4.21 Å². The lowest BCUT2D eigenvalue weighted by Gasteiger charge is -2.32. The summed E-state index contributed by atoms with van der Waals surface area (Å²) in [6.07, 6.45) is 5.72. The third kappa shape index (κ3) is 3.69. The average Bonchev–Trinajstić information content (AvgIpc) is 3.35. The van der Waals surface area contributed by atoms with Crippen LogP contribution in [0.1, 0.15) is 46.5 Å². The third-order valence-electron chi connectivity index (χ3n) is 5.83. The average molecular weight is 431 g/mol. The number of ether oxygens (including phenoxy) is 1. The molecule has 2 aliphatic heterocycles. The Labute approximate surface area is 169 Å². The van der Waals surface area contributed by atoms with Gasteiger partial charge in [0.2, 0.25) is 0 Å². The Balaban J connectivity index is 1.70. The molecule has 0 amide bonds. The first-order chi connectivity index (χ1) is 13.0. The van der Waals surface area contributed by atoms with Gasteiger partial charge < -0.3 is 4.74 Å². The van der Waals surface area contributed by atoms with Crippen molar-refractivity contribution in [3.05, 3.63) is 16.0 Å². The molecular weight excluding hydrogens is 404 g/mol. The van der Waals surface area contributed by atoms with Crippen molar-refractivity contribution in [1.29, 1.82) is 0 Å². The van der Waals surface area contributed by atoms with Crippen molar-refractivity contribution in [3.63, 3.8) is 0 Å². The molecule has 0 bridgehead atoms. The van der Waals surface area contributed by atoms with E-state index in [9.17, 15) is 13.2 Å². The van der Waals surface area contributed by atoms with Gasteiger partial charge in [-0.2, -0.15) is 16.1 Å². The van der Waals surface area contributed by atoms with Crippen molar-refractivity contribution in [3.8, 4) is 0 Å². The summed E-state index contributed by atoms with van der Waals surface area (Å²) in [5.41, 5.74) is 1.19. The van der Waals surface area contributed by atoms with E-state index in [0.717, 1.165) is 41.5 Å². The summed E-state index contributed by atoms with van der Waals surface area (Å²) in [6, 6.07) is 0.598. The summed E-state index contributed by atoms with van der Waals surface area (Å²) in [7, 11) is -2.33. The standard InChI is InChI=1S/C18H26N2O4S3/c1-24-17(21)16-14-6-7-19(13-4-2-3-5-13)12-15(14)26-18(16)27(22,23)20-8-10-25-11-9-20/h13H,2-12H2,1H3. The Kier molecular flexibility index (Phi) is 5.85. The summed E-state index contributed by atoms with van der Waals surface area (Å²) in [6.45, 7) is 2.65. The van der Waals surface area contributed by atoms with Crippen LogP contribution < -0.4 is 0 Å². The zero-order valence-corrected chi connectivity index (χ0v) is 18.1. The number of hydrogen-bond donors (Lipinski definition) is 0. The van der Waals surface area contributed by atoms with Crippen LogP contribution in [0.4, 0.5) is 0 Å². The maximum Gasteiger partial charge on any atom is 0.340 e. The quantitative estimate of drug-likeness (QED) is 0.684. The largest absolute Gasteiger partial charge is 0.465 e. The second-order valence-corrected chi connectivity index (χ2v) is 11.8. The zero-order valence-electron chi connectivity index (χ0n) is 15.6. The number of thiophene rings is 1. The van der Waals surface area contributed by atoms with E-state index >= 15 is 0 Å². The minimum Gasteiger partial charge on any atom is -0.465 e. The van der Waals surface area contributed by atoms with Crippen LogP contribution in [-0.2, 0) is 27.7 Å². The molecule has 1 aromatic heterocycles. The second kappa shape index (κ2) is 8.02. The molecule has 0 atom stereocenters. The Bertz CT molecular complexity index is 809. The number of carbonyl (C=O) groups is 1. The highest BCUT2D eigenvalue weighted by molar-refractivity contribution is 7.99. The summed E-state index contributed by atoms with van der Waals surface area (Å²) in [4.78, 5) is 16.0. The van der Waals surface area contributed by atoms with E-state index in [-0.39, 0.29) is 4.21 Å². The molecule has 0 radical (unpaired) electrons. The smallest absolute Gasteiger partial charge is 0.340 e. The third-order valence-corrected chi connectivity index (χ3v) is 10.4. The molecule has 1 saturated heterocycles. The number of methoxy groups -OCH3 is 1. The number of rotatable bonds is 4. The lowest BCUT2D eigenvalue weighted by Crippen LogP contribution is -2.38. The van der Waals surface area contributed by atoms with Crippen molar-refractivity contribution in [2.45, 2.75) is 48.9 Å². The van der Waals surface area contributed by atoms with E-state index in [4.69, 9.17) is 4.74 Å². The first-order valence-electron chi connectivity index (χ1n) is 9.57. The van der Waals surface area contributed by atoms with Gasteiger partial charge >= 0.3 is 5.97 Å². The van der Waals surface area contributed by atoms with Crippen molar-refractivity contribution in [1.82, 2.24) is 9.21 Å². The normalized spacial score (nSPS) is 22.7. The van der Waals surface area contributed by atoms with Crippen LogP contribution in [0, 0.1) is 0 Å². The second-order valence-electron chi connectivity index (χ2n) is 7.33. The zero-order chi connectivity index (χ0) is 19.0. The number of sulfonamides is 1. The highest BCUT2D eigenvalue weighted by Gasteiger charge is 2.38. The highest BCUT2D eigenvalue weighted by atomic mass is 32.2. The van der Waals surface area contributed by atoms with Gasteiger partial charge in [0, 0.05) is 48.6 Å². The van der Waals surface area contributed by atoms with Gasteiger partial charge in [-0.15, -0.1) is 11.3 Å². The van der Waals surface area contributed by atoms with Crippen LogP contribution >= 0.6 is 23.1 Å². The molecule has 0 aromatic carbocycles. The molecule has 3 heterocycles. The molecule has 4 rings (SSSR count). The highest BCUT2D eigenvalue weighted by Crippen LogP contribution is 2.40. The predicted molar refractivity (Wildman–Crippen MR) is 108 cm³/mol.